The van der Waals surface area contributed by atoms with Gasteiger partial charge in [-0.2, -0.15) is 0 Å². The van der Waals surface area contributed by atoms with E-state index < -0.39 is 0 Å². The van der Waals surface area contributed by atoms with Crippen molar-refractivity contribution < 1.29 is 0 Å². The highest BCUT2D eigenvalue weighted by molar-refractivity contribution is 5.88. The lowest BCUT2D eigenvalue weighted by Gasteiger charge is -2.40. The summed E-state index contributed by atoms with van der Waals surface area (Å²) in [6.07, 6.45) is 3.00. The van der Waals surface area contributed by atoms with Gasteiger partial charge in [-0.25, -0.2) is 0 Å². The first-order valence-electron chi connectivity index (χ1n) is 13.6. The van der Waals surface area contributed by atoms with Crippen molar-refractivity contribution in [2.75, 3.05) is 0 Å². The summed E-state index contributed by atoms with van der Waals surface area (Å²) in [5, 5.41) is 0. The Morgan fingerprint density at radius 2 is 1.08 bits per heavy atom. The highest BCUT2D eigenvalue weighted by Crippen LogP contribution is 2.59. The maximum atomic E-state index is 2.49. The van der Waals surface area contributed by atoms with Gasteiger partial charge in [-0.3, -0.25) is 0 Å². The summed E-state index contributed by atoms with van der Waals surface area (Å²) in [6, 6.07) is 39.7. The molecule has 0 aromatic heterocycles. The smallest absolute Gasteiger partial charge is 0.0620 e. The lowest BCUT2D eigenvalue weighted by Crippen LogP contribution is -2.34. The fourth-order valence-corrected chi connectivity index (χ4v) is 7.18. The largest absolute Gasteiger partial charge is 0.0719 e. The quantitative estimate of drug-likeness (QED) is 0.239. The van der Waals surface area contributed by atoms with E-state index in [-0.39, 0.29) is 5.41 Å². The second-order valence-corrected chi connectivity index (χ2v) is 11.0. The van der Waals surface area contributed by atoms with Crippen LogP contribution in [0.2, 0.25) is 0 Å². The molecule has 0 saturated carbocycles. The molecule has 0 atom stereocenters. The summed E-state index contributed by atoms with van der Waals surface area (Å²) < 4.78 is 0. The van der Waals surface area contributed by atoms with Gasteiger partial charge in [0.2, 0.25) is 0 Å². The molecule has 0 saturated heterocycles. The maximum absolute atomic E-state index is 2.49. The third-order valence-corrected chi connectivity index (χ3v) is 8.59. The van der Waals surface area contributed by atoms with Crippen LogP contribution < -0.4 is 0 Å². The molecule has 5 aromatic carbocycles. The van der Waals surface area contributed by atoms with Crippen LogP contribution in [0.4, 0.5) is 0 Å². The van der Waals surface area contributed by atoms with Gasteiger partial charge in [0.15, 0.2) is 0 Å². The normalized spacial score (nSPS) is 14.1. The van der Waals surface area contributed by atoms with Crippen molar-refractivity contribution in [2.45, 2.75) is 45.4 Å². The zero-order chi connectivity index (χ0) is 25.1. The fourth-order valence-electron chi connectivity index (χ4n) is 7.18. The van der Waals surface area contributed by atoms with Crippen molar-refractivity contribution in [2.24, 2.45) is 0 Å². The minimum atomic E-state index is -0.263. The van der Waals surface area contributed by atoms with E-state index in [9.17, 15) is 0 Å². The fraction of sp³-hybridized carbons (Fsp3) is 0.189. The highest BCUT2D eigenvalue weighted by Gasteiger charge is 2.49. The van der Waals surface area contributed by atoms with Crippen LogP contribution >= 0.6 is 0 Å². The van der Waals surface area contributed by atoms with Gasteiger partial charge in [-0.15, -0.1) is 0 Å². The lowest BCUT2D eigenvalue weighted by atomic mass is 9.61. The predicted octanol–water partition coefficient (Wildman–Crippen LogP) is 8.72. The van der Waals surface area contributed by atoms with E-state index in [1.807, 2.05) is 0 Å². The predicted molar refractivity (Wildman–Crippen MR) is 155 cm³/mol. The molecule has 5 aromatic rings. The Kier molecular flexibility index (Phi) is 5.01. The molecule has 0 nitrogen and oxygen atoms in total. The summed E-state index contributed by atoms with van der Waals surface area (Å²) in [7, 11) is 0. The average Bonchev–Trinajstić information content (AvgIpc) is 3.18. The van der Waals surface area contributed by atoms with Crippen molar-refractivity contribution in [1.29, 1.82) is 0 Å². The van der Waals surface area contributed by atoms with E-state index in [1.54, 1.807) is 0 Å². The van der Waals surface area contributed by atoms with Gasteiger partial charge in [-0.1, -0.05) is 121 Å². The van der Waals surface area contributed by atoms with Crippen LogP contribution in [0.25, 0.3) is 11.1 Å². The third-order valence-electron chi connectivity index (χ3n) is 8.59. The van der Waals surface area contributed by atoms with Crippen LogP contribution in [0.15, 0.2) is 103 Å². The van der Waals surface area contributed by atoms with E-state index in [1.165, 1.54) is 72.3 Å². The van der Waals surface area contributed by atoms with E-state index >= 15 is 0 Å². The third kappa shape index (κ3) is 3.28. The monoisotopic (exact) mass is 476 g/mol. The number of benzene rings is 5. The van der Waals surface area contributed by atoms with Crippen LogP contribution in [-0.2, 0) is 24.7 Å². The lowest BCUT2D eigenvalue weighted by molar-refractivity contribution is 0.721. The molecule has 0 unspecified atom stereocenters. The van der Waals surface area contributed by atoms with E-state index in [2.05, 4.69) is 124 Å². The number of aryl methyl sites for hydroxylation is 3. The molecule has 180 valence electrons. The summed E-state index contributed by atoms with van der Waals surface area (Å²) in [4.78, 5) is 0. The van der Waals surface area contributed by atoms with Gasteiger partial charge in [-0.05, 0) is 94.3 Å². The van der Waals surface area contributed by atoms with Crippen molar-refractivity contribution in [3.63, 3.8) is 0 Å². The minimum Gasteiger partial charge on any atom is -0.0620 e. The van der Waals surface area contributed by atoms with Crippen molar-refractivity contribution in [3.05, 3.63) is 164 Å². The number of fused-ring (bicyclic) bond motifs is 9. The Morgan fingerprint density at radius 3 is 1.68 bits per heavy atom. The Morgan fingerprint density at radius 1 is 0.541 bits per heavy atom. The molecule has 0 radical (unpaired) electrons. The number of hydrogen-bond acceptors (Lipinski definition) is 0. The van der Waals surface area contributed by atoms with Gasteiger partial charge in [0.05, 0.1) is 5.41 Å². The molecule has 0 heterocycles. The highest BCUT2D eigenvalue weighted by atomic mass is 14.5. The van der Waals surface area contributed by atoms with Crippen molar-refractivity contribution in [1.82, 2.24) is 0 Å². The van der Waals surface area contributed by atoms with Crippen molar-refractivity contribution >= 4 is 0 Å². The second kappa shape index (κ2) is 8.32. The molecule has 2 aliphatic carbocycles. The Labute approximate surface area is 220 Å². The molecule has 1 spiro atoms. The maximum Gasteiger partial charge on any atom is 0.0719 e. The molecule has 37 heavy (non-hydrogen) atoms. The molecular weight excluding hydrogens is 444 g/mol. The van der Waals surface area contributed by atoms with Gasteiger partial charge >= 0.3 is 0 Å². The van der Waals surface area contributed by atoms with Crippen LogP contribution in [0, 0.1) is 13.8 Å². The number of hydrogen-bond donors (Lipinski definition) is 0. The molecule has 0 heteroatoms. The van der Waals surface area contributed by atoms with Gasteiger partial charge in [0.25, 0.3) is 0 Å². The van der Waals surface area contributed by atoms with Gasteiger partial charge in [0, 0.05) is 0 Å². The summed E-state index contributed by atoms with van der Waals surface area (Å²) in [5.41, 5.74) is 18.0. The van der Waals surface area contributed by atoms with E-state index in [4.69, 9.17) is 0 Å². The second-order valence-electron chi connectivity index (χ2n) is 11.0. The standard InChI is InChI=1S/C37H32/c1-4-26-13-15-35-31(21-26)32-22-27(20-28-18-24(2)17-25(3)19-28)14-16-36(32)37(35)33-11-7-5-9-29(33)23-30-10-6-8-12-34(30)37/h5-19,21-22H,4,20,23H2,1-3H3. The molecule has 2 aliphatic rings. The minimum absolute atomic E-state index is 0.263. The molecule has 0 fully saturated rings. The Bertz CT molecular complexity index is 1620. The Hall–Kier alpha value is -3.90. The first kappa shape index (κ1) is 22.3. The molecule has 0 aliphatic heterocycles. The van der Waals surface area contributed by atoms with Crippen LogP contribution in [0.1, 0.15) is 68.1 Å². The van der Waals surface area contributed by atoms with Crippen LogP contribution in [-0.4, -0.2) is 0 Å². The Balaban J connectivity index is 1.51. The van der Waals surface area contributed by atoms with Crippen molar-refractivity contribution in [3.8, 4) is 11.1 Å². The van der Waals surface area contributed by atoms with E-state index in [0.717, 1.165) is 19.3 Å². The topological polar surface area (TPSA) is 0 Å². The van der Waals surface area contributed by atoms with Crippen LogP contribution in [0.3, 0.4) is 0 Å². The SMILES string of the molecule is CCc1ccc2c(c1)-c1cc(Cc3cc(C)cc(C)c3)ccc1C21c2ccccc2Cc2ccccc21. The van der Waals surface area contributed by atoms with Gasteiger partial charge < -0.3 is 0 Å². The first-order valence-corrected chi connectivity index (χ1v) is 13.6. The first-order chi connectivity index (χ1) is 18.1. The summed E-state index contributed by atoms with van der Waals surface area (Å²) >= 11 is 0. The van der Waals surface area contributed by atoms with Crippen LogP contribution in [0.5, 0.6) is 0 Å². The molecular formula is C37H32. The van der Waals surface area contributed by atoms with E-state index in [0.29, 0.717) is 0 Å². The average molecular weight is 477 g/mol. The molecule has 0 bridgehead atoms. The molecule has 0 amide bonds. The zero-order valence-corrected chi connectivity index (χ0v) is 21.9. The summed E-state index contributed by atoms with van der Waals surface area (Å²) in [6.45, 7) is 6.65. The molecule has 7 rings (SSSR count). The molecule has 0 N–H and O–H groups in total. The number of rotatable bonds is 3. The summed E-state index contributed by atoms with van der Waals surface area (Å²) in [5.74, 6) is 0. The van der Waals surface area contributed by atoms with Gasteiger partial charge in [0.1, 0.15) is 0 Å². The zero-order valence-electron chi connectivity index (χ0n) is 21.9.